The van der Waals surface area contributed by atoms with E-state index in [1.165, 1.54) is 6.07 Å². The van der Waals surface area contributed by atoms with E-state index in [0.29, 0.717) is 36.7 Å². The van der Waals surface area contributed by atoms with Gasteiger partial charge in [-0.15, -0.1) is 0 Å². The van der Waals surface area contributed by atoms with Gasteiger partial charge in [0.2, 0.25) is 5.91 Å². The van der Waals surface area contributed by atoms with Gasteiger partial charge in [-0.25, -0.2) is 4.39 Å². The molecule has 0 spiro atoms. The number of halogens is 1. The molecule has 1 aromatic carbocycles. The Morgan fingerprint density at radius 1 is 1.45 bits per heavy atom. The molecule has 0 N–H and O–H groups in total. The van der Waals surface area contributed by atoms with E-state index in [9.17, 15) is 9.18 Å². The molecular weight excluding hydrogens is 287 g/mol. The Morgan fingerprint density at radius 2 is 2.27 bits per heavy atom. The van der Waals surface area contributed by atoms with Crippen molar-refractivity contribution in [3.63, 3.8) is 0 Å². The van der Waals surface area contributed by atoms with Gasteiger partial charge in [-0.2, -0.15) is 0 Å². The number of carbonyl (C=O) groups excluding carboxylic acids is 1. The molecule has 1 unspecified atom stereocenters. The normalized spacial score (nSPS) is 18.5. The van der Waals surface area contributed by atoms with Crippen LogP contribution in [0.5, 0.6) is 0 Å². The Bertz CT molecular complexity index is 671. The lowest BCUT2D eigenvalue weighted by atomic mass is 10.1. The molecular formula is C16H17FN2O3. The molecule has 1 amide bonds. The molecule has 5 nitrogen and oxygen atoms in total. The summed E-state index contributed by atoms with van der Waals surface area (Å²) in [5, 5.41) is 3.83. The largest absolute Gasteiger partial charge is 0.370 e. The lowest BCUT2D eigenvalue weighted by molar-refractivity contribution is -0.138. The fourth-order valence-electron chi connectivity index (χ4n) is 2.57. The molecule has 0 bridgehead atoms. The summed E-state index contributed by atoms with van der Waals surface area (Å²) < 4.78 is 24.4. The molecule has 1 atom stereocenters. The van der Waals surface area contributed by atoms with Gasteiger partial charge in [0.25, 0.3) is 0 Å². The second kappa shape index (κ2) is 6.27. The van der Waals surface area contributed by atoms with Gasteiger partial charge < -0.3 is 14.2 Å². The summed E-state index contributed by atoms with van der Waals surface area (Å²) in [6.45, 7) is 3.02. The van der Waals surface area contributed by atoms with Crippen molar-refractivity contribution in [3.8, 4) is 0 Å². The van der Waals surface area contributed by atoms with Crippen LogP contribution in [0.2, 0.25) is 0 Å². The Hall–Kier alpha value is -2.21. The average molecular weight is 304 g/mol. The van der Waals surface area contributed by atoms with Crippen molar-refractivity contribution in [2.24, 2.45) is 0 Å². The number of carbonyl (C=O) groups is 1. The van der Waals surface area contributed by atoms with Crippen LogP contribution < -0.4 is 0 Å². The Morgan fingerprint density at radius 3 is 3.00 bits per heavy atom. The topological polar surface area (TPSA) is 55.6 Å². The zero-order valence-electron chi connectivity index (χ0n) is 12.3. The summed E-state index contributed by atoms with van der Waals surface area (Å²) in [5.74, 6) is 0.306. The molecule has 1 aliphatic heterocycles. The standard InChI is InChI=1S/C16H17FN2O3/c1-11-8-12(18-22-11)9-16(20)19-6-7-21-15(10-19)13-4-2-3-5-14(13)17/h2-5,8,15H,6-7,9-10H2,1H3. The van der Waals surface area contributed by atoms with Crippen LogP contribution in [-0.4, -0.2) is 35.7 Å². The minimum atomic E-state index is -0.432. The molecule has 6 heteroatoms. The highest BCUT2D eigenvalue weighted by Gasteiger charge is 2.27. The Kier molecular flexibility index (Phi) is 4.20. The second-order valence-electron chi connectivity index (χ2n) is 5.33. The van der Waals surface area contributed by atoms with Gasteiger partial charge in [0.05, 0.1) is 25.3 Å². The quantitative estimate of drug-likeness (QED) is 0.873. The highest BCUT2D eigenvalue weighted by Crippen LogP contribution is 2.24. The molecule has 22 heavy (non-hydrogen) atoms. The van der Waals surface area contributed by atoms with Gasteiger partial charge >= 0.3 is 0 Å². The maximum Gasteiger partial charge on any atom is 0.228 e. The SMILES string of the molecule is Cc1cc(CC(=O)N2CCOC(c3ccccc3F)C2)no1. The third kappa shape index (κ3) is 3.17. The van der Waals surface area contributed by atoms with Crippen molar-refractivity contribution < 1.29 is 18.4 Å². The molecule has 0 saturated carbocycles. The minimum absolute atomic E-state index is 0.0575. The van der Waals surface area contributed by atoms with Crippen LogP contribution in [-0.2, 0) is 16.0 Å². The smallest absolute Gasteiger partial charge is 0.228 e. The van der Waals surface area contributed by atoms with Gasteiger partial charge in [0.1, 0.15) is 17.7 Å². The number of ether oxygens (including phenoxy) is 1. The zero-order chi connectivity index (χ0) is 15.5. The third-order valence-corrected chi connectivity index (χ3v) is 3.68. The van der Waals surface area contributed by atoms with Crippen LogP contribution >= 0.6 is 0 Å². The van der Waals surface area contributed by atoms with Crippen LogP contribution in [0.1, 0.15) is 23.1 Å². The van der Waals surface area contributed by atoms with Crippen molar-refractivity contribution >= 4 is 5.91 Å². The van der Waals surface area contributed by atoms with Crippen molar-refractivity contribution in [1.82, 2.24) is 10.1 Å². The first-order valence-corrected chi connectivity index (χ1v) is 7.19. The van der Waals surface area contributed by atoms with Gasteiger partial charge in [-0.05, 0) is 13.0 Å². The molecule has 1 aromatic heterocycles. The summed E-state index contributed by atoms with van der Waals surface area (Å²) in [6.07, 6.45) is -0.251. The molecule has 2 aromatic rings. The molecule has 0 aliphatic carbocycles. The van der Waals surface area contributed by atoms with Gasteiger partial charge in [-0.1, -0.05) is 23.4 Å². The Balaban J connectivity index is 1.67. The highest BCUT2D eigenvalue weighted by molar-refractivity contribution is 5.78. The molecule has 116 valence electrons. The number of aromatic nitrogens is 1. The maximum absolute atomic E-state index is 13.8. The van der Waals surface area contributed by atoms with Crippen LogP contribution in [0, 0.1) is 12.7 Å². The van der Waals surface area contributed by atoms with E-state index in [1.54, 1.807) is 36.1 Å². The number of benzene rings is 1. The number of aryl methyl sites for hydroxylation is 1. The molecule has 1 saturated heterocycles. The monoisotopic (exact) mass is 304 g/mol. The second-order valence-corrected chi connectivity index (χ2v) is 5.33. The highest BCUT2D eigenvalue weighted by atomic mass is 19.1. The number of hydrogen-bond donors (Lipinski definition) is 0. The summed E-state index contributed by atoms with van der Waals surface area (Å²) in [4.78, 5) is 14.0. The fraction of sp³-hybridized carbons (Fsp3) is 0.375. The van der Waals surface area contributed by atoms with E-state index in [2.05, 4.69) is 5.16 Å². The van der Waals surface area contributed by atoms with E-state index >= 15 is 0 Å². The van der Waals surface area contributed by atoms with Crippen molar-refractivity contribution in [2.45, 2.75) is 19.4 Å². The first-order chi connectivity index (χ1) is 10.6. The van der Waals surface area contributed by atoms with E-state index in [-0.39, 0.29) is 18.1 Å². The van der Waals surface area contributed by atoms with E-state index in [0.717, 1.165) is 0 Å². The minimum Gasteiger partial charge on any atom is -0.370 e. The predicted octanol–water partition coefficient (Wildman–Crippen LogP) is 2.26. The number of amides is 1. The molecule has 0 radical (unpaired) electrons. The Labute approximate surface area is 127 Å². The third-order valence-electron chi connectivity index (χ3n) is 3.68. The maximum atomic E-state index is 13.8. The van der Waals surface area contributed by atoms with E-state index < -0.39 is 6.10 Å². The molecule has 1 aliphatic rings. The van der Waals surface area contributed by atoms with Crippen LogP contribution in [0.3, 0.4) is 0 Å². The van der Waals surface area contributed by atoms with E-state index in [1.807, 2.05) is 0 Å². The molecule has 2 heterocycles. The van der Waals surface area contributed by atoms with Crippen molar-refractivity contribution in [3.05, 3.63) is 53.2 Å². The lowest BCUT2D eigenvalue weighted by Gasteiger charge is -2.33. The summed E-state index contributed by atoms with van der Waals surface area (Å²) in [5.41, 5.74) is 1.09. The zero-order valence-corrected chi connectivity index (χ0v) is 12.3. The van der Waals surface area contributed by atoms with Gasteiger partial charge in [0.15, 0.2) is 0 Å². The summed E-state index contributed by atoms with van der Waals surface area (Å²) in [7, 11) is 0. The molecule has 3 rings (SSSR count). The van der Waals surface area contributed by atoms with Crippen LogP contribution in [0.25, 0.3) is 0 Å². The first kappa shape index (κ1) is 14.7. The summed E-state index contributed by atoms with van der Waals surface area (Å²) >= 11 is 0. The van der Waals surface area contributed by atoms with Crippen molar-refractivity contribution in [1.29, 1.82) is 0 Å². The van der Waals surface area contributed by atoms with E-state index in [4.69, 9.17) is 9.26 Å². The van der Waals surface area contributed by atoms with Crippen LogP contribution in [0.15, 0.2) is 34.9 Å². The number of rotatable bonds is 3. The number of morpholine rings is 1. The first-order valence-electron chi connectivity index (χ1n) is 7.19. The summed E-state index contributed by atoms with van der Waals surface area (Å²) in [6, 6.07) is 8.23. The number of hydrogen-bond acceptors (Lipinski definition) is 4. The average Bonchev–Trinajstić information content (AvgIpc) is 2.93. The van der Waals surface area contributed by atoms with Gasteiger partial charge in [0, 0.05) is 18.2 Å². The van der Waals surface area contributed by atoms with Crippen LogP contribution in [0.4, 0.5) is 4.39 Å². The fourth-order valence-corrected chi connectivity index (χ4v) is 2.57. The van der Waals surface area contributed by atoms with Gasteiger partial charge in [-0.3, -0.25) is 4.79 Å². The van der Waals surface area contributed by atoms with Crippen molar-refractivity contribution in [2.75, 3.05) is 19.7 Å². The lowest BCUT2D eigenvalue weighted by Crippen LogP contribution is -2.43. The number of nitrogens with zero attached hydrogens (tertiary/aromatic N) is 2. The molecule has 1 fully saturated rings. The predicted molar refractivity (Wildman–Crippen MR) is 76.6 cm³/mol.